The van der Waals surface area contributed by atoms with E-state index < -0.39 is 18.0 Å². The van der Waals surface area contributed by atoms with Crippen molar-refractivity contribution in [2.24, 2.45) is 0 Å². The molecule has 5 heteroatoms. The van der Waals surface area contributed by atoms with Crippen LogP contribution in [0.1, 0.15) is 29.7 Å². The van der Waals surface area contributed by atoms with Gasteiger partial charge in [0, 0.05) is 0 Å². The van der Waals surface area contributed by atoms with Crippen molar-refractivity contribution in [1.29, 1.82) is 0 Å². The van der Waals surface area contributed by atoms with Crippen molar-refractivity contribution in [3.05, 3.63) is 71.3 Å². The lowest BCUT2D eigenvalue weighted by atomic mass is 9.97. The van der Waals surface area contributed by atoms with Gasteiger partial charge in [0.25, 0.3) is 0 Å². The molecule has 2 aromatic rings. The predicted octanol–water partition coefficient (Wildman–Crippen LogP) is 2.95. The summed E-state index contributed by atoms with van der Waals surface area (Å²) in [6, 6.07) is 17.3. The molecule has 0 aliphatic rings. The van der Waals surface area contributed by atoms with Gasteiger partial charge < -0.3 is 4.74 Å². The van der Waals surface area contributed by atoms with Gasteiger partial charge in [0.05, 0.1) is 19.2 Å². The van der Waals surface area contributed by atoms with E-state index in [1.54, 1.807) is 6.92 Å². The molecule has 0 aromatic heterocycles. The Labute approximate surface area is 142 Å². The Morgan fingerprint density at radius 2 is 1.54 bits per heavy atom. The van der Waals surface area contributed by atoms with Crippen LogP contribution in [0.3, 0.4) is 0 Å². The molecule has 0 saturated heterocycles. The van der Waals surface area contributed by atoms with Crippen molar-refractivity contribution in [2.45, 2.75) is 25.9 Å². The number of amides is 2. The van der Waals surface area contributed by atoms with Crippen LogP contribution in [0.4, 0.5) is 4.79 Å². The fourth-order valence-corrected chi connectivity index (χ4v) is 2.37. The zero-order chi connectivity index (χ0) is 17.5. The largest absolute Gasteiger partial charge is 0.453 e. The van der Waals surface area contributed by atoms with Gasteiger partial charge in [-0.05, 0) is 25.0 Å². The first-order valence-electron chi connectivity index (χ1n) is 7.77. The summed E-state index contributed by atoms with van der Waals surface area (Å²) >= 11 is 0. The van der Waals surface area contributed by atoms with Gasteiger partial charge >= 0.3 is 6.09 Å². The SMILES string of the molecule is COC(=O)NC(=O)[C@@H](C)N[C@@H](c1ccccc1)c1ccc(C)cc1. The van der Waals surface area contributed by atoms with Gasteiger partial charge in [0.1, 0.15) is 0 Å². The maximum Gasteiger partial charge on any atom is 0.413 e. The highest BCUT2D eigenvalue weighted by Gasteiger charge is 2.22. The van der Waals surface area contributed by atoms with Gasteiger partial charge in [0.2, 0.25) is 5.91 Å². The van der Waals surface area contributed by atoms with Crippen LogP contribution in [-0.4, -0.2) is 25.2 Å². The number of rotatable bonds is 5. The smallest absolute Gasteiger partial charge is 0.413 e. The van der Waals surface area contributed by atoms with E-state index >= 15 is 0 Å². The lowest BCUT2D eigenvalue weighted by molar-refractivity contribution is -0.122. The summed E-state index contributed by atoms with van der Waals surface area (Å²) < 4.78 is 4.46. The molecule has 2 amide bonds. The summed E-state index contributed by atoms with van der Waals surface area (Å²) in [4.78, 5) is 23.3. The fourth-order valence-electron chi connectivity index (χ4n) is 2.37. The van der Waals surface area contributed by atoms with Gasteiger partial charge in [-0.1, -0.05) is 60.2 Å². The van der Waals surface area contributed by atoms with E-state index in [1.165, 1.54) is 12.7 Å². The van der Waals surface area contributed by atoms with Crippen LogP contribution >= 0.6 is 0 Å². The van der Waals surface area contributed by atoms with Crippen LogP contribution in [0.5, 0.6) is 0 Å². The fraction of sp³-hybridized carbons (Fsp3) is 0.263. The van der Waals surface area contributed by atoms with Crippen LogP contribution in [0.15, 0.2) is 54.6 Å². The molecule has 2 atom stereocenters. The van der Waals surface area contributed by atoms with Gasteiger partial charge in [0.15, 0.2) is 0 Å². The van der Waals surface area contributed by atoms with Crippen LogP contribution < -0.4 is 10.6 Å². The van der Waals surface area contributed by atoms with Crippen molar-refractivity contribution in [2.75, 3.05) is 7.11 Å². The number of hydrogen-bond acceptors (Lipinski definition) is 4. The van der Waals surface area contributed by atoms with E-state index in [1.807, 2.05) is 61.5 Å². The third-order valence-electron chi connectivity index (χ3n) is 3.76. The van der Waals surface area contributed by atoms with Crippen molar-refractivity contribution in [3.63, 3.8) is 0 Å². The molecule has 0 aliphatic heterocycles. The molecular weight excluding hydrogens is 304 g/mol. The molecular formula is C19H22N2O3. The second-order valence-electron chi connectivity index (χ2n) is 5.62. The summed E-state index contributed by atoms with van der Waals surface area (Å²) in [7, 11) is 1.22. The van der Waals surface area contributed by atoms with Gasteiger partial charge in [-0.25, -0.2) is 4.79 Å². The Bertz CT molecular complexity index is 684. The van der Waals surface area contributed by atoms with Crippen LogP contribution in [0, 0.1) is 6.92 Å². The number of imide groups is 1. The van der Waals surface area contributed by atoms with Crippen LogP contribution in [-0.2, 0) is 9.53 Å². The third kappa shape index (κ3) is 4.67. The summed E-state index contributed by atoms with van der Waals surface area (Å²) in [5.74, 6) is -0.435. The first-order chi connectivity index (χ1) is 11.5. The number of aryl methyl sites for hydroxylation is 1. The number of carbonyl (C=O) groups is 2. The minimum atomic E-state index is -0.764. The van der Waals surface area contributed by atoms with Crippen LogP contribution in [0.2, 0.25) is 0 Å². The number of alkyl carbamates (subject to hydrolysis) is 1. The Balaban J connectivity index is 2.22. The zero-order valence-electron chi connectivity index (χ0n) is 14.1. The minimum absolute atomic E-state index is 0.162. The zero-order valence-corrected chi connectivity index (χ0v) is 14.1. The molecule has 2 aromatic carbocycles. The van der Waals surface area contributed by atoms with Gasteiger partial charge in [-0.2, -0.15) is 0 Å². The van der Waals surface area contributed by atoms with Crippen molar-refractivity contribution < 1.29 is 14.3 Å². The molecule has 0 heterocycles. The lowest BCUT2D eigenvalue weighted by Gasteiger charge is -2.23. The lowest BCUT2D eigenvalue weighted by Crippen LogP contribution is -2.46. The summed E-state index contributed by atoms with van der Waals surface area (Å²) in [5, 5.41) is 5.46. The molecule has 2 N–H and O–H groups in total. The Hall–Kier alpha value is -2.66. The van der Waals surface area contributed by atoms with Crippen molar-refractivity contribution >= 4 is 12.0 Å². The normalized spacial score (nSPS) is 13.0. The first kappa shape index (κ1) is 17.7. The molecule has 2 rings (SSSR count). The molecule has 0 bridgehead atoms. The van der Waals surface area contributed by atoms with E-state index in [2.05, 4.69) is 15.4 Å². The third-order valence-corrected chi connectivity index (χ3v) is 3.76. The summed E-state index contributed by atoms with van der Waals surface area (Å²) in [6.45, 7) is 3.74. The van der Waals surface area contributed by atoms with E-state index in [0.717, 1.165) is 11.1 Å². The van der Waals surface area contributed by atoms with Crippen LogP contribution in [0.25, 0.3) is 0 Å². The highest BCUT2D eigenvalue weighted by Crippen LogP contribution is 2.23. The summed E-state index contributed by atoms with van der Waals surface area (Å²) in [5.41, 5.74) is 3.26. The van der Waals surface area contributed by atoms with E-state index in [4.69, 9.17) is 0 Å². The molecule has 0 fully saturated rings. The predicted molar refractivity (Wildman–Crippen MR) is 92.6 cm³/mol. The quantitative estimate of drug-likeness (QED) is 0.886. The number of methoxy groups -OCH3 is 1. The number of carbonyl (C=O) groups excluding carboxylic acids is 2. The van der Waals surface area contributed by atoms with E-state index in [-0.39, 0.29) is 6.04 Å². The molecule has 0 saturated carbocycles. The van der Waals surface area contributed by atoms with Gasteiger partial charge in [-0.15, -0.1) is 0 Å². The number of ether oxygens (including phenoxy) is 1. The average Bonchev–Trinajstić information content (AvgIpc) is 2.61. The molecule has 0 unspecified atom stereocenters. The molecule has 5 nitrogen and oxygen atoms in total. The maximum absolute atomic E-state index is 12.1. The number of hydrogen-bond donors (Lipinski definition) is 2. The molecule has 0 radical (unpaired) electrons. The maximum atomic E-state index is 12.1. The molecule has 126 valence electrons. The van der Waals surface area contributed by atoms with Gasteiger partial charge in [-0.3, -0.25) is 15.4 Å². The number of benzene rings is 2. The number of nitrogens with one attached hydrogen (secondary N) is 2. The Morgan fingerprint density at radius 1 is 0.958 bits per heavy atom. The minimum Gasteiger partial charge on any atom is -0.453 e. The van der Waals surface area contributed by atoms with Crippen molar-refractivity contribution in [3.8, 4) is 0 Å². The van der Waals surface area contributed by atoms with Crippen molar-refractivity contribution in [1.82, 2.24) is 10.6 Å². The standard InChI is InChI=1S/C19H22N2O3/c1-13-9-11-16(12-10-13)17(15-7-5-4-6-8-15)20-14(2)18(22)21-19(23)24-3/h4-12,14,17,20H,1-3H3,(H,21,22,23)/t14-,17+/m1/s1. The Kier molecular flexibility index (Phi) is 6.09. The topological polar surface area (TPSA) is 67.4 Å². The highest BCUT2D eigenvalue weighted by molar-refractivity contribution is 5.94. The van der Waals surface area contributed by atoms with E-state index in [9.17, 15) is 9.59 Å². The highest BCUT2D eigenvalue weighted by atomic mass is 16.5. The average molecular weight is 326 g/mol. The Morgan fingerprint density at radius 3 is 2.12 bits per heavy atom. The first-order valence-corrected chi connectivity index (χ1v) is 7.77. The van der Waals surface area contributed by atoms with E-state index in [0.29, 0.717) is 0 Å². The second-order valence-corrected chi connectivity index (χ2v) is 5.62. The molecule has 24 heavy (non-hydrogen) atoms. The monoisotopic (exact) mass is 326 g/mol. The molecule has 0 aliphatic carbocycles. The molecule has 0 spiro atoms. The second kappa shape index (κ2) is 8.26. The summed E-state index contributed by atoms with van der Waals surface area (Å²) in [6.07, 6.45) is -0.764.